The van der Waals surface area contributed by atoms with E-state index < -0.39 is 0 Å². The monoisotopic (exact) mass is 254 g/mol. The molecule has 92 valence electrons. The zero-order valence-corrected chi connectivity index (χ0v) is 10.4. The Kier molecular flexibility index (Phi) is 3.68. The van der Waals surface area contributed by atoms with E-state index in [1.807, 2.05) is 17.8 Å². The van der Waals surface area contributed by atoms with Crippen molar-refractivity contribution in [2.45, 2.75) is 11.6 Å². The summed E-state index contributed by atoms with van der Waals surface area (Å²) in [5.74, 6) is 0.694. The maximum Gasteiger partial charge on any atom is 0.324 e. The second-order valence-electron chi connectivity index (χ2n) is 3.73. The lowest BCUT2D eigenvalue weighted by Crippen LogP contribution is -2.32. The minimum atomic E-state index is -0.281. The fourth-order valence-corrected chi connectivity index (χ4v) is 2.41. The van der Waals surface area contributed by atoms with Crippen LogP contribution in [-0.4, -0.2) is 45.2 Å². The van der Waals surface area contributed by atoms with Crippen LogP contribution in [-0.2, 0) is 11.8 Å². The fourth-order valence-electron chi connectivity index (χ4n) is 1.56. The second-order valence-corrected chi connectivity index (χ2v) is 4.79. The van der Waals surface area contributed by atoms with E-state index in [-0.39, 0.29) is 18.5 Å². The van der Waals surface area contributed by atoms with Crippen LogP contribution in [0.4, 0.5) is 4.79 Å². The van der Waals surface area contributed by atoms with Crippen LogP contribution in [0.15, 0.2) is 17.6 Å². The molecule has 2 heterocycles. The summed E-state index contributed by atoms with van der Waals surface area (Å²) in [7, 11) is 1.94. The number of nitrogens with zero attached hydrogens (tertiary/aromatic N) is 3. The Labute approximate surface area is 103 Å². The number of hydrogen-bond acceptors (Lipinski definition) is 4. The normalized spacial score (nSPS) is 15.5. The molecule has 1 aliphatic heterocycles. The largest absolute Gasteiger partial charge is 0.329 e. The van der Waals surface area contributed by atoms with Gasteiger partial charge in [0.2, 0.25) is 5.91 Å². The lowest BCUT2D eigenvalue weighted by atomic mass is 10.4. The summed E-state index contributed by atoms with van der Waals surface area (Å²) in [6, 6.07) is -0.281. The Morgan fingerprint density at radius 3 is 2.94 bits per heavy atom. The first-order chi connectivity index (χ1) is 8.18. The number of urea groups is 1. The standard InChI is InChI=1S/C10H14N4O2S/c1-13-5-3-11-10(13)17-6-2-4-14-8(15)7-12-9(14)16/h3,5H,2,4,6-7H2,1H3,(H,12,16). The van der Waals surface area contributed by atoms with Crippen molar-refractivity contribution in [2.75, 3.05) is 18.8 Å². The molecule has 6 nitrogen and oxygen atoms in total. The maximum atomic E-state index is 11.3. The van der Waals surface area contributed by atoms with Gasteiger partial charge in [0.25, 0.3) is 0 Å². The topological polar surface area (TPSA) is 67.2 Å². The van der Waals surface area contributed by atoms with E-state index in [2.05, 4.69) is 10.3 Å². The maximum absolute atomic E-state index is 11.3. The predicted molar refractivity (Wildman–Crippen MR) is 63.7 cm³/mol. The Morgan fingerprint density at radius 2 is 2.35 bits per heavy atom. The Morgan fingerprint density at radius 1 is 1.53 bits per heavy atom. The van der Waals surface area contributed by atoms with Crippen LogP contribution in [0.25, 0.3) is 0 Å². The first-order valence-electron chi connectivity index (χ1n) is 5.37. The van der Waals surface area contributed by atoms with Crippen molar-refractivity contribution in [3.05, 3.63) is 12.4 Å². The molecule has 1 fully saturated rings. The van der Waals surface area contributed by atoms with Crippen LogP contribution in [0.1, 0.15) is 6.42 Å². The number of rotatable bonds is 5. The van der Waals surface area contributed by atoms with E-state index in [9.17, 15) is 9.59 Å². The number of aryl methyl sites for hydroxylation is 1. The van der Waals surface area contributed by atoms with Gasteiger partial charge in [0.05, 0.1) is 6.54 Å². The van der Waals surface area contributed by atoms with E-state index >= 15 is 0 Å². The molecular weight excluding hydrogens is 240 g/mol. The molecule has 2 rings (SSSR count). The molecule has 0 atom stereocenters. The number of hydrogen-bond donors (Lipinski definition) is 1. The van der Waals surface area contributed by atoms with Gasteiger partial charge in [-0.15, -0.1) is 0 Å². The van der Waals surface area contributed by atoms with Crippen LogP contribution < -0.4 is 5.32 Å². The average molecular weight is 254 g/mol. The van der Waals surface area contributed by atoms with E-state index in [4.69, 9.17) is 0 Å². The molecule has 1 aliphatic rings. The SMILES string of the molecule is Cn1ccnc1SCCCN1C(=O)CNC1=O. The summed E-state index contributed by atoms with van der Waals surface area (Å²) in [5.41, 5.74) is 0. The highest BCUT2D eigenvalue weighted by Gasteiger charge is 2.27. The van der Waals surface area contributed by atoms with Crippen LogP contribution in [0.2, 0.25) is 0 Å². The average Bonchev–Trinajstić information content (AvgIpc) is 2.84. The van der Waals surface area contributed by atoms with Gasteiger partial charge < -0.3 is 9.88 Å². The number of aromatic nitrogens is 2. The van der Waals surface area contributed by atoms with Crippen LogP contribution >= 0.6 is 11.8 Å². The summed E-state index contributed by atoms with van der Waals surface area (Å²) < 4.78 is 1.94. The van der Waals surface area contributed by atoms with Gasteiger partial charge in [-0.1, -0.05) is 11.8 Å². The quantitative estimate of drug-likeness (QED) is 0.471. The predicted octanol–water partition coefficient (Wildman–Crippen LogP) is 0.454. The molecule has 1 saturated heterocycles. The van der Waals surface area contributed by atoms with Crippen molar-refractivity contribution in [3.8, 4) is 0 Å². The first-order valence-corrected chi connectivity index (χ1v) is 6.35. The highest BCUT2D eigenvalue weighted by atomic mass is 32.2. The number of amides is 3. The van der Waals surface area contributed by atoms with Gasteiger partial charge >= 0.3 is 6.03 Å². The number of carbonyl (C=O) groups excluding carboxylic acids is 2. The van der Waals surface area contributed by atoms with Crippen molar-refractivity contribution in [3.63, 3.8) is 0 Å². The highest BCUT2D eigenvalue weighted by molar-refractivity contribution is 7.99. The molecule has 0 radical (unpaired) electrons. The summed E-state index contributed by atoms with van der Waals surface area (Å²) in [6.45, 7) is 0.605. The minimum absolute atomic E-state index is 0.130. The molecule has 0 saturated carbocycles. The molecule has 1 aromatic rings. The zero-order chi connectivity index (χ0) is 12.3. The number of thioether (sulfide) groups is 1. The summed E-state index contributed by atoms with van der Waals surface area (Å²) in [5, 5.41) is 3.44. The minimum Gasteiger partial charge on any atom is -0.329 e. The molecule has 0 unspecified atom stereocenters. The van der Waals surface area contributed by atoms with Crippen molar-refractivity contribution < 1.29 is 9.59 Å². The molecule has 3 amide bonds. The van der Waals surface area contributed by atoms with Gasteiger partial charge in [0.1, 0.15) is 0 Å². The molecule has 17 heavy (non-hydrogen) atoms. The summed E-state index contributed by atoms with van der Waals surface area (Å²) in [4.78, 5) is 28.0. The number of carbonyl (C=O) groups is 2. The lowest BCUT2D eigenvalue weighted by molar-refractivity contribution is -0.124. The van der Waals surface area contributed by atoms with Gasteiger partial charge in [-0.3, -0.25) is 9.69 Å². The third kappa shape index (κ3) is 2.79. The van der Waals surface area contributed by atoms with E-state index in [1.165, 1.54) is 4.90 Å². The molecule has 7 heteroatoms. The molecule has 0 bridgehead atoms. The lowest BCUT2D eigenvalue weighted by Gasteiger charge is -2.11. The Bertz CT molecular complexity index is 416. The van der Waals surface area contributed by atoms with E-state index in [1.54, 1.807) is 18.0 Å². The van der Waals surface area contributed by atoms with Crippen molar-refractivity contribution in [1.29, 1.82) is 0 Å². The fraction of sp³-hybridized carbons (Fsp3) is 0.500. The first kappa shape index (κ1) is 12.0. The van der Waals surface area contributed by atoms with Crippen LogP contribution in [0.5, 0.6) is 0 Å². The number of imide groups is 1. The third-order valence-corrected chi connectivity index (χ3v) is 3.62. The molecule has 0 spiro atoms. The van der Waals surface area contributed by atoms with Gasteiger partial charge in [-0.05, 0) is 6.42 Å². The number of nitrogens with one attached hydrogen (secondary N) is 1. The Hall–Kier alpha value is -1.50. The van der Waals surface area contributed by atoms with Crippen molar-refractivity contribution in [1.82, 2.24) is 19.8 Å². The van der Waals surface area contributed by atoms with Crippen molar-refractivity contribution in [2.24, 2.45) is 7.05 Å². The molecular formula is C10H14N4O2S. The third-order valence-electron chi connectivity index (χ3n) is 2.47. The van der Waals surface area contributed by atoms with Crippen LogP contribution in [0, 0.1) is 0 Å². The second kappa shape index (κ2) is 5.22. The Balaban J connectivity index is 1.72. The summed E-state index contributed by atoms with van der Waals surface area (Å²) in [6.07, 6.45) is 4.41. The molecule has 1 N–H and O–H groups in total. The van der Waals surface area contributed by atoms with Gasteiger partial charge in [0, 0.05) is 31.7 Å². The number of imidazole rings is 1. The molecule has 1 aromatic heterocycles. The summed E-state index contributed by atoms with van der Waals surface area (Å²) >= 11 is 1.62. The van der Waals surface area contributed by atoms with Gasteiger partial charge in [-0.25, -0.2) is 9.78 Å². The molecule has 0 aromatic carbocycles. The zero-order valence-electron chi connectivity index (χ0n) is 9.55. The van der Waals surface area contributed by atoms with Crippen molar-refractivity contribution >= 4 is 23.7 Å². The van der Waals surface area contributed by atoms with Crippen LogP contribution in [0.3, 0.4) is 0 Å². The van der Waals surface area contributed by atoms with E-state index in [0.29, 0.717) is 6.54 Å². The smallest absolute Gasteiger partial charge is 0.324 e. The highest BCUT2D eigenvalue weighted by Crippen LogP contribution is 2.15. The molecule has 0 aliphatic carbocycles. The van der Waals surface area contributed by atoms with Gasteiger partial charge in [0.15, 0.2) is 5.16 Å². The van der Waals surface area contributed by atoms with Gasteiger partial charge in [-0.2, -0.15) is 0 Å². The van der Waals surface area contributed by atoms with E-state index in [0.717, 1.165) is 17.3 Å².